The average molecular weight is 257 g/mol. The van der Waals surface area contributed by atoms with Crippen molar-refractivity contribution in [1.82, 2.24) is 10.3 Å². The van der Waals surface area contributed by atoms with Crippen molar-refractivity contribution < 1.29 is 14.7 Å². The smallest absolute Gasteiger partial charge is 0.321 e. The minimum Gasteiger partial charge on any atom is -0.481 e. The van der Waals surface area contributed by atoms with Crippen LogP contribution in [0.15, 0.2) is 5.38 Å². The maximum atomic E-state index is 11.4. The third-order valence-electron chi connectivity index (χ3n) is 2.19. The highest BCUT2D eigenvalue weighted by Gasteiger charge is 2.16. The number of aliphatic carboxylic acids is 1. The highest BCUT2D eigenvalue weighted by Crippen LogP contribution is 2.13. The molecule has 0 radical (unpaired) electrons. The molecule has 0 bridgehead atoms. The molecule has 0 aliphatic carbocycles. The van der Waals surface area contributed by atoms with Crippen LogP contribution >= 0.6 is 11.3 Å². The second-order valence-electron chi connectivity index (χ2n) is 3.57. The Morgan fingerprint density at radius 2 is 2.29 bits per heavy atom. The van der Waals surface area contributed by atoms with Gasteiger partial charge < -0.3 is 10.4 Å². The van der Waals surface area contributed by atoms with E-state index >= 15 is 0 Å². The predicted molar refractivity (Wildman–Crippen MR) is 65.3 cm³/mol. The van der Waals surface area contributed by atoms with Crippen LogP contribution in [0.5, 0.6) is 0 Å². The largest absolute Gasteiger partial charge is 0.481 e. The molecule has 7 heteroatoms. The molecule has 0 aliphatic rings. The molecule has 1 aromatic heterocycles. The van der Waals surface area contributed by atoms with E-state index in [1.165, 1.54) is 11.3 Å². The number of aromatic nitrogens is 1. The molecule has 1 heterocycles. The first-order valence-corrected chi connectivity index (χ1v) is 6.10. The van der Waals surface area contributed by atoms with Gasteiger partial charge >= 0.3 is 12.0 Å². The van der Waals surface area contributed by atoms with Crippen molar-refractivity contribution in [2.45, 2.75) is 20.3 Å². The monoisotopic (exact) mass is 257 g/mol. The lowest BCUT2D eigenvalue weighted by molar-refractivity contribution is -0.141. The van der Waals surface area contributed by atoms with Gasteiger partial charge in [0.1, 0.15) is 0 Å². The van der Waals surface area contributed by atoms with Gasteiger partial charge in [-0.1, -0.05) is 6.92 Å². The molecule has 1 atom stereocenters. The Bertz CT molecular complexity index is 405. The summed E-state index contributed by atoms with van der Waals surface area (Å²) in [5, 5.41) is 16.2. The molecule has 0 saturated carbocycles. The summed E-state index contributed by atoms with van der Waals surface area (Å²) in [6.07, 6.45) is 0.478. The summed E-state index contributed by atoms with van der Waals surface area (Å²) in [4.78, 5) is 26.2. The Labute approximate surface area is 103 Å². The second kappa shape index (κ2) is 6.19. The number of urea groups is 1. The zero-order valence-electron chi connectivity index (χ0n) is 9.69. The number of rotatable bonds is 5. The van der Waals surface area contributed by atoms with E-state index in [0.717, 1.165) is 5.69 Å². The SMILES string of the molecule is CCC(CNC(=O)Nc1nc(C)cs1)C(=O)O. The number of carboxylic acids is 1. The lowest BCUT2D eigenvalue weighted by Gasteiger charge is -2.10. The number of nitrogens with zero attached hydrogens (tertiary/aromatic N) is 1. The Morgan fingerprint density at radius 3 is 2.76 bits per heavy atom. The van der Waals surface area contributed by atoms with Gasteiger partial charge in [-0.2, -0.15) is 0 Å². The van der Waals surface area contributed by atoms with Crippen molar-refractivity contribution in [2.75, 3.05) is 11.9 Å². The van der Waals surface area contributed by atoms with Crippen molar-refractivity contribution in [3.63, 3.8) is 0 Å². The van der Waals surface area contributed by atoms with Crippen LogP contribution in [0.25, 0.3) is 0 Å². The quantitative estimate of drug-likeness (QED) is 0.748. The number of aryl methyl sites for hydroxylation is 1. The first-order chi connectivity index (χ1) is 8.02. The predicted octanol–water partition coefficient (Wildman–Crippen LogP) is 1.68. The van der Waals surface area contributed by atoms with E-state index in [9.17, 15) is 9.59 Å². The topological polar surface area (TPSA) is 91.3 Å². The van der Waals surface area contributed by atoms with Crippen molar-refractivity contribution in [3.8, 4) is 0 Å². The fourth-order valence-corrected chi connectivity index (χ4v) is 1.86. The van der Waals surface area contributed by atoms with Crippen molar-refractivity contribution in [3.05, 3.63) is 11.1 Å². The summed E-state index contributed by atoms with van der Waals surface area (Å²) in [6.45, 7) is 3.71. The van der Waals surface area contributed by atoms with Crippen LogP contribution in [-0.4, -0.2) is 28.6 Å². The van der Waals surface area contributed by atoms with E-state index in [-0.39, 0.29) is 6.54 Å². The van der Waals surface area contributed by atoms with Crippen LogP contribution in [0.3, 0.4) is 0 Å². The molecule has 3 N–H and O–H groups in total. The van der Waals surface area contributed by atoms with Gasteiger partial charge in [-0.15, -0.1) is 11.3 Å². The van der Waals surface area contributed by atoms with E-state index < -0.39 is 17.9 Å². The van der Waals surface area contributed by atoms with E-state index in [2.05, 4.69) is 15.6 Å². The molecular formula is C10H15N3O3S. The van der Waals surface area contributed by atoms with Gasteiger partial charge in [0, 0.05) is 11.9 Å². The van der Waals surface area contributed by atoms with Crippen LogP contribution in [0.2, 0.25) is 0 Å². The molecule has 0 saturated heterocycles. The van der Waals surface area contributed by atoms with E-state index in [1.54, 1.807) is 6.92 Å². The number of carboxylic acid groups (broad SMARTS) is 1. The number of amides is 2. The summed E-state index contributed by atoms with van der Waals surface area (Å²) < 4.78 is 0. The van der Waals surface area contributed by atoms with Gasteiger partial charge in [0.2, 0.25) is 0 Å². The summed E-state index contributed by atoms with van der Waals surface area (Å²) in [5.74, 6) is -1.46. The third kappa shape index (κ3) is 4.39. The van der Waals surface area contributed by atoms with Crippen LogP contribution in [-0.2, 0) is 4.79 Å². The minimum atomic E-state index is -0.905. The number of carbonyl (C=O) groups excluding carboxylic acids is 1. The molecule has 6 nitrogen and oxygen atoms in total. The minimum absolute atomic E-state index is 0.113. The van der Waals surface area contributed by atoms with Gasteiger partial charge in [0.05, 0.1) is 11.6 Å². The molecular weight excluding hydrogens is 242 g/mol. The van der Waals surface area contributed by atoms with Crippen molar-refractivity contribution >= 4 is 28.5 Å². The third-order valence-corrected chi connectivity index (χ3v) is 3.07. The number of anilines is 1. The van der Waals surface area contributed by atoms with Gasteiger partial charge in [-0.25, -0.2) is 9.78 Å². The fourth-order valence-electron chi connectivity index (χ4n) is 1.17. The number of hydrogen-bond acceptors (Lipinski definition) is 4. The fraction of sp³-hybridized carbons (Fsp3) is 0.500. The molecule has 17 heavy (non-hydrogen) atoms. The molecule has 0 aliphatic heterocycles. The van der Waals surface area contributed by atoms with Crippen molar-refractivity contribution in [2.24, 2.45) is 5.92 Å². The van der Waals surface area contributed by atoms with Crippen LogP contribution in [0.4, 0.5) is 9.93 Å². The summed E-state index contributed by atoms with van der Waals surface area (Å²) >= 11 is 1.32. The summed E-state index contributed by atoms with van der Waals surface area (Å²) in [7, 11) is 0. The number of nitrogens with one attached hydrogen (secondary N) is 2. The zero-order chi connectivity index (χ0) is 12.8. The first-order valence-electron chi connectivity index (χ1n) is 5.22. The Morgan fingerprint density at radius 1 is 1.59 bits per heavy atom. The summed E-state index contributed by atoms with van der Waals surface area (Å²) in [6, 6.07) is -0.431. The van der Waals surface area contributed by atoms with Gasteiger partial charge in [-0.05, 0) is 13.3 Å². The lowest BCUT2D eigenvalue weighted by atomic mass is 10.1. The molecule has 1 aromatic rings. The molecule has 94 valence electrons. The van der Waals surface area contributed by atoms with E-state index in [1.807, 2.05) is 12.3 Å². The van der Waals surface area contributed by atoms with E-state index in [4.69, 9.17) is 5.11 Å². The maximum Gasteiger partial charge on any atom is 0.321 e. The Kier molecular flexibility index (Phi) is 4.89. The lowest BCUT2D eigenvalue weighted by Crippen LogP contribution is -2.35. The number of thiazole rings is 1. The normalized spacial score (nSPS) is 11.9. The maximum absolute atomic E-state index is 11.4. The number of carbonyl (C=O) groups is 2. The average Bonchev–Trinajstić information content (AvgIpc) is 2.64. The molecule has 0 aromatic carbocycles. The Balaban J connectivity index is 2.37. The molecule has 0 fully saturated rings. The van der Waals surface area contributed by atoms with Crippen LogP contribution in [0.1, 0.15) is 19.0 Å². The summed E-state index contributed by atoms with van der Waals surface area (Å²) in [5.41, 5.74) is 0.835. The first kappa shape index (κ1) is 13.4. The molecule has 2 amide bonds. The van der Waals surface area contributed by atoms with E-state index in [0.29, 0.717) is 11.6 Å². The van der Waals surface area contributed by atoms with Gasteiger partial charge in [0.25, 0.3) is 0 Å². The van der Waals surface area contributed by atoms with Crippen LogP contribution in [0, 0.1) is 12.8 Å². The second-order valence-corrected chi connectivity index (χ2v) is 4.43. The highest BCUT2D eigenvalue weighted by molar-refractivity contribution is 7.13. The van der Waals surface area contributed by atoms with Crippen molar-refractivity contribution in [1.29, 1.82) is 0 Å². The molecule has 0 spiro atoms. The molecule has 1 unspecified atom stereocenters. The van der Waals surface area contributed by atoms with Gasteiger partial charge in [0.15, 0.2) is 5.13 Å². The highest BCUT2D eigenvalue weighted by atomic mass is 32.1. The number of hydrogen-bond donors (Lipinski definition) is 3. The van der Waals surface area contributed by atoms with Crippen LogP contribution < -0.4 is 10.6 Å². The molecule has 1 rings (SSSR count). The zero-order valence-corrected chi connectivity index (χ0v) is 10.5. The Hall–Kier alpha value is -1.63. The van der Waals surface area contributed by atoms with Gasteiger partial charge in [-0.3, -0.25) is 10.1 Å². The standard InChI is InChI=1S/C10H15N3O3S/c1-3-7(8(14)15)4-11-9(16)13-10-12-6(2)5-17-10/h5,7H,3-4H2,1-2H3,(H,14,15)(H2,11,12,13,16).